The van der Waals surface area contributed by atoms with Gasteiger partial charge in [-0.1, -0.05) is 43.7 Å². The van der Waals surface area contributed by atoms with Crippen LogP contribution in [0.15, 0.2) is 53.4 Å². The third kappa shape index (κ3) is 3.77. The third-order valence-corrected chi connectivity index (χ3v) is 7.21. The van der Waals surface area contributed by atoms with Gasteiger partial charge in [-0.05, 0) is 30.2 Å². The highest BCUT2D eigenvalue weighted by Gasteiger charge is 2.31. The Morgan fingerprint density at radius 2 is 1.72 bits per heavy atom. The fraction of sp³-hybridized carbons (Fsp3) is 0.333. The molecule has 1 aliphatic rings. The smallest absolute Gasteiger partial charge is 0.275 e. The molecule has 0 saturated carbocycles. The van der Waals surface area contributed by atoms with Crippen LogP contribution >= 0.6 is 0 Å². The Kier molecular flexibility index (Phi) is 5.38. The predicted octanol–water partition coefficient (Wildman–Crippen LogP) is 2.66. The molecule has 1 saturated heterocycles. The number of aromatic nitrogens is 2. The summed E-state index contributed by atoms with van der Waals surface area (Å²) in [5.41, 5.74) is 2.32. The van der Waals surface area contributed by atoms with Crippen LogP contribution in [0.1, 0.15) is 29.4 Å². The summed E-state index contributed by atoms with van der Waals surface area (Å²) in [6, 6.07) is 14.6. The molecule has 4 rings (SSSR count). The largest absolute Gasteiger partial charge is 0.335 e. The molecule has 1 aliphatic heterocycles. The van der Waals surface area contributed by atoms with E-state index in [1.54, 1.807) is 17.0 Å². The van der Waals surface area contributed by atoms with Crippen molar-refractivity contribution in [3.05, 3.63) is 59.8 Å². The number of aryl methyl sites for hydroxylation is 1. The number of aromatic amines is 1. The normalized spacial score (nSPS) is 15.7. The first kappa shape index (κ1) is 19.6. The van der Waals surface area contributed by atoms with Gasteiger partial charge in [-0.3, -0.25) is 9.89 Å². The summed E-state index contributed by atoms with van der Waals surface area (Å²) in [7, 11) is -3.56. The van der Waals surface area contributed by atoms with Gasteiger partial charge in [0.25, 0.3) is 5.91 Å². The topological polar surface area (TPSA) is 86.4 Å². The van der Waals surface area contributed by atoms with E-state index < -0.39 is 10.0 Å². The number of rotatable bonds is 5. The van der Waals surface area contributed by atoms with Crippen molar-refractivity contribution in [3.63, 3.8) is 0 Å². The number of para-hydroxylation sites is 1. The van der Waals surface area contributed by atoms with Crippen LogP contribution in [-0.4, -0.2) is 59.9 Å². The summed E-state index contributed by atoms with van der Waals surface area (Å²) < 4.78 is 27.3. The van der Waals surface area contributed by atoms with Gasteiger partial charge >= 0.3 is 0 Å². The van der Waals surface area contributed by atoms with Crippen LogP contribution in [0.4, 0.5) is 0 Å². The van der Waals surface area contributed by atoms with Crippen molar-refractivity contribution in [2.24, 2.45) is 0 Å². The first-order valence-electron chi connectivity index (χ1n) is 9.82. The molecule has 0 spiro atoms. The molecule has 0 aliphatic carbocycles. The molecule has 0 unspecified atom stereocenters. The van der Waals surface area contributed by atoms with Crippen molar-refractivity contribution in [1.29, 1.82) is 0 Å². The molecule has 2 heterocycles. The number of hydrogen-bond donors (Lipinski definition) is 1. The number of nitrogens with zero attached hydrogens (tertiary/aromatic N) is 3. The number of hydrogen-bond acceptors (Lipinski definition) is 4. The maximum Gasteiger partial charge on any atom is 0.275 e. The predicted molar refractivity (Wildman–Crippen MR) is 111 cm³/mol. The average Bonchev–Trinajstić information content (AvgIpc) is 3.18. The Hall–Kier alpha value is -2.71. The van der Waals surface area contributed by atoms with E-state index in [4.69, 9.17) is 0 Å². The van der Waals surface area contributed by atoms with Crippen molar-refractivity contribution in [2.75, 3.05) is 26.2 Å². The van der Waals surface area contributed by atoms with Gasteiger partial charge in [0.05, 0.1) is 10.4 Å². The van der Waals surface area contributed by atoms with E-state index in [0.29, 0.717) is 23.7 Å². The lowest BCUT2D eigenvalue weighted by Crippen LogP contribution is -2.50. The van der Waals surface area contributed by atoms with E-state index in [1.807, 2.05) is 36.4 Å². The number of piperazine rings is 1. The first-order chi connectivity index (χ1) is 14.0. The summed E-state index contributed by atoms with van der Waals surface area (Å²) in [6.07, 6.45) is 1.95. The monoisotopic (exact) mass is 412 g/mol. The van der Waals surface area contributed by atoms with Crippen LogP contribution in [0.25, 0.3) is 10.9 Å². The average molecular weight is 413 g/mol. The summed E-state index contributed by atoms with van der Waals surface area (Å²) in [5.74, 6) is -0.177. The van der Waals surface area contributed by atoms with Gasteiger partial charge in [-0.15, -0.1) is 0 Å². The molecular weight excluding hydrogens is 388 g/mol. The zero-order valence-electron chi connectivity index (χ0n) is 16.3. The van der Waals surface area contributed by atoms with Gasteiger partial charge in [0, 0.05) is 31.6 Å². The second kappa shape index (κ2) is 7.96. The number of carbonyl (C=O) groups excluding carboxylic acids is 1. The van der Waals surface area contributed by atoms with E-state index in [1.165, 1.54) is 4.31 Å². The SMILES string of the molecule is CCCc1ccc(S(=O)(=O)N2CCN(C(=O)c3n[nH]c4ccccc34)CC2)cc1. The molecule has 1 aromatic heterocycles. The Morgan fingerprint density at radius 3 is 2.41 bits per heavy atom. The number of H-pyrrole nitrogens is 1. The van der Waals surface area contributed by atoms with Gasteiger partial charge in [0.2, 0.25) is 10.0 Å². The van der Waals surface area contributed by atoms with Gasteiger partial charge < -0.3 is 4.90 Å². The van der Waals surface area contributed by atoms with Gasteiger partial charge in [-0.25, -0.2) is 8.42 Å². The molecule has 29 heavy (non-hydrogen) atoms. The van der Waals surface area contributed by atoms with Crippen LogP contribution in [0.5, 0.6) is 0 Å². The lowest BCUT2D eigenvalue weighted by atomic mass is 10.1. The second-order valence-corrected chi connectivity index (χ2v) is 9.15. The van der Waals surface area contributed by atoms with Crippen molar-refractivity contribution in [2.45, 2.75) is 24.7 Å². The number of fused-ring (bicyclic) bond motifs is 1. The number of amides is 1. The summed E-state index contributed by atoms with van der Waals surface area (Å²) in [4.78, 5) is 14.8. The Balaban J connectivity index is 1.45. The molecule has 1 N–H and O–H groups in total. The first-order valence-corrected chi connectivity index (χ1v) is 11.3. The molecule has 1 fully saturated rings. The third-order valence-electron chi connectivity index (χ3n) is 5.30. The van der Waals surface area contributed by atoms with Crippen molar-refractivity contribution >= 4 is 26.8 Å². The fourth-order valence-corrected chi connectivity index (χ4v) is 5.10. The van der Waals surface area contributed by atoms with Crippen molar-refractivity contribution in [1.82, 2.24) is 19.4 Å². The summed E-state index contributed by atoms with van der Waals surface area (Å²) in [6.45, 7) is 3.32. The number of sulfonamides is 1. The number of nitrogens with one attached hydrogen (secondary N) is 1. The molecule has 0 radical (unpaired) electrons. The van der Waals surface area contributed by atoms with E-state index in [0.717, 1.165) is 29.3 Å². The summed E-state index contributed by atoms with van der Waals surface area (Å²) >= 11 is 0. The Labute approximate surface area is 170 Å². The zero-order valence-corrected chi connectivity index (χ0v) is 17.2. The maximum atomic E-state index is 12.9. The molecular formula is C21H24N4O3S. The van der Waals surface area contributed by atoms with Crippen LogP contribution in [0.3, 0.4) is 0 Å². The number of carbonyl (C=O) groups is 1. The quantitative estimate of drug-likeness (QED) is 0.698. The summed E-state index contributed by atoms with van der Waals surface area (Å²) in [5, 5.41) is 7.81. The minimum Gasteiger partial charge on any atom is -0.335 e. The molecule has 3 aromatic rings. The highest BCUT2D eigenvalue weighted by molar-refractivity contribution is 7.89. The lowest BCUT2D eigenvalue weighted by Gasteiger charge is -2.33. The van der Waals surface area contributed by atoms with Gasteiger partial charge in [0.15, 0.2) is 5.69 Å². The van der Waals surface area contributed by atoms with Crippen LogP contribution in [-0.2, 0) is 16.4 Å². The molecule has 2 aromatic carbocycles. The minimum atomic E-state index is -3.56. The van der Waals surface area contributed by atoms with Gasteiger partial charge in [-0.2, -0.15) is 9.40 Å². The van der Waals surface area contributed by atoms with E-state index in [9.17, 15) is 13.2 Å². The highest BCUT2D eigenvalue weighted by atomic mass is 32.2. The van der Waals surface area contributed by atoms with E-state index in [-0.39, 0.29) is 19.0 Å². The highest BCUT2D eigenvalue weighted by Crippen LogP contribution is 2.21. The minimum absolute atomic E-state index is 0.177. The van der Waals surface area contributed by atoms with E-state index in [2.05, 4.69) is 17.1 Å². The van der Waals surface area contributed by atoms with Crippen LogP contribution in [0, 0.1) is 0 Å². The molecule has 7 nitrogen and oxygen atoms in total. The number of benzene rings is 2. The second-order valence-electron chi connectivity index (χ2n) is 7.21. The van der Waals surface area contributed by atoms with Crippen LogP contribution < -0.4 is 0 Å². The molecule has 0 bridgehead atoms. The molecule has 1 amide bonds. The Morgan fingerprint density at radius 1 is 1.03 bits per heavy atom. The lowest BCUT2D eigenvalue weighted by molar-refractivity contribution is 0.0694. The van der Waals surface area contributed by atoms with Crippen molar-refractivity contribution < 1.29 is 13.2 Å². The Bertz CT molecular complexity index is 1110. The van der Waals surface area contributed by atoms with Gasteiger partial charge in [0.1, 0.15) is 0 Å². The van der Waals surface area contributed by atoms with Crippen molar-refractivity contribution in [3.8, 4) is 0 Å². The molecule has 8 heteroatoms. The zero-order chi connectivity index (χ0) is 20.4. The molecule has 0 atom stereocenters. The standard InChI is InChI=1S/C21H24N4O3S/c1-2-5-16-8-10-17(11-9-16)29(27,28)25-14-12-24(13-15-25)21(26)20-18-6-3-4-7-19(18)22-23-20/h3-4,6-11H,2,5,12-15H2,1H3,(H,22,23). The fourth-order valence-electron chi connectivity index (χ4n) is 3.67. The molecule has 152 valence electrons. The van der Waals surface area contributed by atoms with E-state index >= 15 is 0 Å². The maximum absolute atomic E-state index is 12.9. The van der Waals surface area contributed by atoms with Crippen LogP contribution in [0.2, 0.25) is 0 Å².